The third-order valence-electron chi connectivity index (χ3n) is 7.44. The van der Waals surface area contributed by atoms with E-state index in [1.165, 1.54) is 17.0 Å². The Morgan fingerprint density at radius 1 is 0.795 bits per heavy atom. The number of hydrogen-bond donors (Lipinski definition) is 1. The van der Waals surface area contributed by atoms with Crippen molar-refractivity contribution >= 4 is 22.9 Å². The topological polar surface area (TPSA) is 78.0 Å². The number of amides is 1. The molecule has 2 heterocycles. The number of aromatic nitrogens is 1. The Morgan fingerprint density at radius 3 is 2.32 bits per heavy atom. The fourth-order valence-electron chi connectivity index (χ4n) is 5.09. The van der Waals surface area contributed by atoms with Gasteiger partial charge in [-0.15, -0.1) is 0 Å². The molecule has 0 fully saturated rings. The van der Waals surface area contributed by atoms with Crippen LogP contribution in [0.3, 0.4) is 0 Å². The molecule has 0 saturated heterocycles. The van der Waals surface area contributed by atoms with Crippen molar-refractivity contribution in [3.05, 3.63) is 149 Å². The van der Waals surface area contributed by atoms with Gasteiger partial charge in [0.1, 0.15) is 30.5 Å². The maximum absolute atomic E-state index is 12.8. The summed E-state index contributed by atoms with van der Waals surface area (Å²) < 4.78 is 20.0. The normalized spacial score (nSPS) is 11.2. The molecule has 6 aromatic rings. The highest BCUT2D eigenvalue weighted by molar-refractivity contribution is 6.03. The highest BCUT2D eigenvalue weighted by atomic mass is 16.5. The Morgan fingerprint density at radius 2 is 1.55 bits per heavy atom. The number of hydrazone groups is 1. The molecule has 0 spiro atoms. The molecule has 44 heavy (non-hydrogen) atoms. The Bertz CT molecular complexity index is 1910. The summed E-state index contributed by atoms with van der Waals surface area (Å²) in [5.74, 6) is 1.59. The molecule has 0 unspecified atom stereocenters. The van der Waals surface area contributed by atoms with Crippen LogP contribution in [0.2, 0.25) is 0 Å². The molecule has 0 radical (unpaired) electrons. The van der Waals surface area contributed by atoms with Crippen molar-refractivity contribution in [1.82, 2.24) is 9.99 Å². The Hall–Kier alpha value is -5.56. The Kier molecular flexibility index (Phi) is 8.28. The molecule has 0 bridgehead atoms. The lowest BCUT2D eigenvalue weighted by Gasteiger charge is -2.12. The Labute approximate surface area is 256 Å². The lowest BCUT2D eigenvalue weighted by atomic mass is 10.0. The van der Waals surface area contributed by atoms with Gasteiger partial charge in [-0.2, -0.15) is 5.10 Å². The SMILES string of the molecule is Cc1ccc(COc2ccc3ccccc3c2/C=N/NC(=O)c2ccc(COc3ccc(-n4c(C)ccc4C)cc3)o2)cc1. The van der Waals surface area contributed by atoms with Crippen molar-refractivity contribution in [3.63, 3.8) is 0 Å². The van der Waals surface area contributed by atoms with Gasteiger partial charge >= 0.3 is 5.91 Å². The van der Waals surface area contributed by atoms with Crippen LogP contribution in [0.15, 0.2) is 119 Å². The van der Waals surface area contributed by atoms with Crippen LogP contribution in [0.25, 0.3) is 16.5 Å². The van der Waals surface area contributed by atoms with Gasteiger partial charge in [-0.25, -0.2) is 5.43 Å². The monoisotopic (exact) mass is 583 g/mol. The van der Waals surface area contributed by atoms with Crippen LogP contribution < -0.4 is 14.9 Å². The van der Waals surface area contributed by atoms with E-state index in [9.17, 15) is 4.79 Å². The number of nitrogens with one attached hydrogen (secondary N) is 1. The largest absolute Gasteiger partial charge is 0.488 e. The van der Waals surface area contributed by atoms with Crippen LogP contribution in [0.5, 0.6) is 11.5 Å². The highest BCUT2D eigenvalue weighted by Crippen LogP contribution is 2.28. The lowest BCUT2D eigenvalue weighted by Crippen LogP contribution is -2.17. The van der Waals surface area contributed by atoms with Crippen LogP contribution in [-0.4, -0.2) is 16.7 Å². The van der Waals surface area contributed by atoms with Crippen LogP contribution in [0.4, 0.5) is 0 Å². The van der Waals surface area contributed by atoms with Crippen LogP contribution in [-0.2, 0) is 13.2 Å². The first kappa shape index (κ1) is 28.6. The van der Waals surface area contributed by atoms with Gasteiger partial charge in [0.2, 0.25) is 0 Å². The van der Waals surface area contributed by atoms with E-state index < -0.39 is 5.91 Å². The molecule has 1 amide bonds. The first-order valence-electron chi connectivity index (χ1n) is 14.4. The summed E-state index contributed by atoms with van der Waals surface area (Å²) in [4.78, 5) is 12.8. The zero-order valence-corrected chi connectivity index (χ0v) is 24.9. The number of aryl methyl sites for hydroxylation is 3. The summed E-state index contributed by atoms with van der Waals surface area (Å²) in [6.45, 7) is 6.82. The summed E-state index contributed by atoms with van der Waals surface area (Å²) >= 11 is 0. The van der Waals surface area contributed by atoms with Gasteiger partial charge in [0, 0.05) is 22.6 Å². The molecule has 1 N–H and O–H groups in total. The zero-order chi connectivity index (χ0) is 30.5. The highest BCUT2D eigenvalue weighted by Gasteiger charge is 2.13. The number of fused-ring (bicyclic) bond motifs is 1. The second kappa shape index (κ2) is 12.8. The van der Waals surface area contributed by atoms with E-state index in [1.807, 2.05) is 60.7 Å². The summed E-state index contributed by atoms with van der Waals surface area (Å²) in [6, 6.07) is 35.6. The third-order valence-corrected chi connectivity index (χ3v) is 7.44. The van der Waals surface area contributed by atoms with Crippen LogP contribution in [0.1, 0.15) is 44.4 Å². The van der Waals surface area contributed by atoms with E-state index in [-0.39, 0.29) is 12.4 Å². The second-order valence-corrected chi connectivity index (χ2v) is 10.7. The lowest BCUT2D eigenvalue weighted by molar-refractivity contribution is 0.0923. The summed E-state index contributed by atoms with van der Waals surface area (Å²) in [6.07, 6.45) is 1.61. The van der Waals surface area contributed by atoms with E-state index in [2.05, 4.69) is 72.3 Å². The molecule has 2 aromatic heterocycles. The third kappa shape index (κ3) is 6.42. The minimum atomic E-state index is -0.461. The van der Waals surface area contributed by atoms with E-state index in [1.54, 1.807) is 18.3 Å². The van der Waals surface area contributed by atoms with Crippen molar-refractivity contribution < 1.29 is 18.7 Å². The molecule has 0 aliphatic carbocycles. The molecular weight excluding hydrogens is 550 g/mol. The fourth-order valence-corrected chi connectivity index (χ4v) is 5.09. The standard InChI is InChI=1S/C37H33N3O4/c1-25-8-12-28(13-9-25)23-43-35-20-14-29-6-4-5-7-33(29)34(35)22-38-39-37(41)36-21-19-32(44-36)24-42-31-17-15-30(16-18-31)40-26(2)10-11-27(40)3/h4-22H,23-24H2,1-3H3,(H,39,41)/b38-22+. The van der Waals surface area contributed by atoms with Crippen molar-refractivity contribution in [3.8, 4) is 17.2 Å². The van der Waals surface area contributed by atoms with Gasteiger partial charge in [-0.3, -0.25) is 4.79 Å². The van der Waals surface area contributed by atoms with Gasteiger partial charge in [0.05, 0.1) is 6.21 Å². The van der Waals surface area contributed by atoms with Gasteiger partial charge in [0.25, 0.3) is 0 Å². The maximum atomic E-state index is 12.8. The second-order valence-electron chi connectivity index (χ2n) is 10.7. The smallest absolute Gasteiger partial charge is 0.307 e. The molecule has 6 rings (SSSR count). The van der Waals surface area contributed by atoms with Crippen molar-refractivity contribution in [2.45, 2.75) is 34.0 Å². The number of ether oxygens (including phenoxy) is 2. The molecule has 0 saturated carbocycles. The predicted molar refractivity (Wildman–Crippen MR) is 173 cm³/mol. The summed E-state index contributed by atoms with van der Waals surface area (Å²) in [5.41, 5.74) is 9.03. The molecule has 0 aliphatic rings. The maximum Gasteiger partial charge on any atom is 0.307 e. The number of carbonyl (C=O) groups excluding carboxylic acids is 1. The number of furan rings is 1. The number of nitrogens with zero attached hydrogens (tertiary/aromatic N) is 2. The molecule has 0 atom stereocenters. The average molecular weight is 584 g/mol. The quantitative estimate of drug-likeness (QED) is 0.131. The molecular formula is C37H33N3O4. The van der Waals surface area contributed by atoms with Crippen LogP contribution >= 0.6 is 0 Å². The molecule has 7 heteroatoms. The van der Waals surface area contributed by atoms with Crippen molar-refractivity contribution in [2.75, 3.05) is 0 Å². The predicted octanol–water partition coefficient (Wildman–Crippen LogP) is 8.07. The first-order valence-corrected chi connectivity index (χ1v) is 14.4. The minimum Gasteiger partial charge on any atom is -0.488 e. The van der Waals surface area contributed by atoms with Crippen molar-refractivity contribution in [1.29, 1.82) is 0 Å². The minimum absolute atomic E-state index is 0.142. The summed E-state index contributed by atoms with van der Waals surface area (Å²) in [5, 5.41) is 6.26. The van der Waals surface area contributed by atoms with Crippen LogP contribution in [0, 0.1) is 20.8 Å². The van der Waals surface area contributed by atoms with E-state index >= 15 is 0 Å². The molecule has 7 nitrogen and oxygen atoms in total. The van der Waals surface area contributed by atoms with Gasteiger partial charge in [0.15, 0.2) is 5.76 Å². The first-order chi connectivity index (χ1) is 21.4. The number of carbonyl (C=O) groups is 1. The van der Waals surface area contributed by atoms with Crippen molar-refractivity contribution in [2.24, 2.45) is 5.10 Å². The van der Waals surface area contributed by atoms with Gasteiger partial charge in [-0.1, -0.05) is 60.2 Å². The molecule has 4 aromatic carbocycles. The number of benzene rings is 4. The van der Waals surface area contributed by atoms with E-state index in [4.69, 9.17) is 13.9 Å². The fraction of sp³-hybridized carbons (Fsp3) is 0.135. The average Bonchev–Trinajstić information content (AvgIpc) is 3.66. The molecule has 220 valence electrons. The van der Waals surface area contributed by atoms with Gasteiger partial charge < -0.3 is 18.5 Å². The summed E-state index contributed by atoms with van der Waals surface area (Å²) in [7, 11) is 0. The zero-order valence-electron chi connectivity index (χ0n) is 24.9. The van der Waals surface area contributed by atoms with E-state index in [0.29, 0.717) is 23.9 Å². The number of hydrogen-bond acceptors (Lipinski definition) is 5. The van der Waals surface area contributed by atoms with E-state index in [0.717, 1.165) is 27.6 Å². The van der Waals surface area contributed by atoms with Gasteiger partial charge in [-0.05, 0) is 91.7 Å². The molecule has 0 aliphatic heterocycles. The number of rotatable bonds is 10. The Balaban J connectivity index is 1.09.